The van der Waals surface area contributed by atoms with Crippen LogP contribution in [0.3, 0.4) is 0 Å². The van der Waals surface area contributed by atoms with E-state index in [1.807, 2.05) is 65.8 Å². The van der Waals surface area contributed by atoms with Crippen LogP contribution in [0.5, 0.6) is 11.5 Å². The molecule has 4 amide bonds. The number of hydrogen-bond donors (Lipinski definition) is 4. The highest BCUT2D eigenvalue weighted by Crippen LogP contribution is 2.38. The number of nitrogens with one attached hydrogen (secondary N) is 4. The predicted molar refractivity (Wildman–Crippen MR) is 181 cm³/mol. The van der Waals surface area contributed by atoms with Crippen LogP contribution in [0.25, 0.3) is 0 Å². The number of ether oxygens (including phenoxy) is 2. The molecule has 3 aromatic carbocycles. The maximum atomic E-state index is 13.0. The van der Waals surface area contributed by atoms with Crippen LogP contribution in [-0.2, 0) is 0 Å². The highest BCUT2D eigenvalue weighted by molar-refractivity contribution is 6.68. The smallest absolute Gasteiger partial charge is 0.322 e. The number of halogens is 6. The van der Waals surface area contributed by atoms with E-state index < -0.39 is 32.1 Å². The number of urea groups is 2. The third kappa shape index (κ3) is 10.0. The summed E-state index contributed by atoms with van der Waals surface area (Å²) in [5, 5.41) is 10.6. The molecule has 238 valence electrons. The molecule has 0 unspecified atom stereocenters. The second kappa shape index (κ2) is 14.8. The average molecular weight is 725 g/mol. The summed E-state index contributed by atoms with van der Waals surface area (Å²) >= 11 is 37.1. The van der Waals surface area contributed by atoms with Crippen LogP contribution in [0.1, 0.15) is 33.4 Å². The highest BCUT2D eigenvalue weighted by Gasteiger charge is 2.39. The molecule has 0 aliphatic carbocycles. The Morgan fingerprint density at radius 2 is 0.886 bits per heavy atom. The van der Waals surface area contributed by atoms with Crippen LogP contribution in [-0.4, -0.2) is 32.1 Å². The van der Waals surface area contributed by atoms with Crippen molar-refractivity contribution >= 4 is 93.0 Å². The molecule has 4 N–H and O–H groups in total. The van der Waals surface area contributed by atoms with Crippen molar-refractivity contribution in [3.05, 3.63) is 81.9 Å². The second-order valence-corrected chi connectivity index (χ2v) is 15.0. The van der Waals surface area contributed by atoms with Crippen LogP contribution in [0.15, 0.2) is 48.5 Å². The normalized spacial score (nSPS) is 13.0. The predicted octanol–water partition coefficient (Wildman–Crippen LogP) is 9.33. The van der Waals surface area contributed by atoms with E-state index in [9.17, 15) is 9.59 Å². The molecule has 0 saturated heterocycles. The molecule has 44 heavy (non-hydrogen) atoms. The Bertz CT molecular complexity index is 1370. The van der Waals surface area contributed by atoms with Crippen molar-refractivity contribution < 1.29 is 19.1 Å². The fourth-order valence-corrected chi connectivity index (χ4v) is 5.14. The minimum atomic E-state index is -2.13. The number of anilines is 2. The number of amides is 4. The summed E-state index contributed by atoms with van der Waals surface area (Å²) < 4.78 is 7.56. The molecule has 0 aliphatic heterocycles. The number of para-hydroxylation sites is 2. The quantitative estimate of drug-likeness (QED) is 0.137. The van der Waals surface area contributed by atoms with Gasteiger partial charge in [0.25, 0.3) is 0 Å². The van der Waals surface area contributed by atoms with Crippen molar-refractivity contribution in [3.63, 3.8) is 0 Å². The first-order valence-electron chi connectivity index (χ1n) is 13.2. The zero-order chi connectivity index (χ0) is 33.0. The Morgan fingerprint density at radius 1 is 0.591 bits per heavy atom. The van der Waals surface area contributed by atoms with Gasteiger partial charge in [-0.25, -0.2) is 9.59 Å². The van der Waals surface area contributed by atoms with E-state index in [0.717, 1.165) is 33.4 Å². The van der Waals surface area contributed by atoms with Gasteiger partial charge in [0.15, 0.2) is 11.5 Å². The summed E-state index contributed by atoms with van der Waals surface area (Å²) in [6.45, 7) is 11.4. The van der Waals surface area contributed by atoms with Crippen molar-refractivity contribution in [2.24, 2.45) is 0 Å². The fourth-order valence-electron chi connectivity index (χ4n) is 4.55. The van der Waals surface area contributed by atoms with Gasteiger partial charge in [-0.3, -0.25) is 10.6 Å². The Balaban J connectivity index is 1.80. The van der Waals surface area contributed by atoms with Crippen molar-refractivity contribution in [2.75, 3.05) is 10.6 Å². The maximum Gasteiger partial charge on any atom is 0.322 e. The first kappa shape index (κ1) is 36.0. The number of alkyl halides is 6. The van der Waals surface area contributed by atoms with Gasteiger partial charge in [-0.05, 0) is 75.9 Å². The molecule has 0 heterocycles. The monoisotopic (exact) mass is 722 g/mol. The lowest BCUT2D eigenvalue weighted by Crippen LogP contribution is -2.50. The van der Waals surface area contributed by atoms with Gasteiger partial charge >= 0.3 is 12.1 Å². The van der Waals surface area contributed by atoms with E-state index in [2.05, 4.69) is 21.3 Å². The minimum absolute atomic E-state index is 0.0125. The molecule has 0 aromatic heterocycles. The summed E-state index contributed by atoms with van der Waals surface area (Å²) in [4.78, 5) is 25.9. The van der Waals surface area contributed by atoms with Gasteiger partial charge in [-0.1, -0.05) is 117 Å². The topological polar surface area (TPSA) is 101 Å². The molecule has 3 aromatic rings. The van der Waals surface area contributed by atoms with Crippen LogP contribution in [0.2, 0.25) is 0 Å². The molecule has 0 aliphatic rings. The Labute approximate surface area is 286 Å². The molecular formula is C30H32Cl6N4O4. The molecule has 0 radical (unpaired) electrons. The third-order valence-electron chi connectivity index (χ3n) is 6.29. The van der Waals surface area contributed by atoms with E-state index >= 15 is 0 Å². The SMILES string of the molecule is Cc1cc(C)c(NC(=O)N[C@H](Oc2ccccc2O[C@H](NC(=O)Nc2c(C)cc(C)cc2C)C(Cl)(Cl)Cl)C(Cl)(Cl)Cl)c(C)c1. The first-order chi connectivity index (χ1) is 20.3. The van der Waals surface area contributed by atoms with Gasteiger partial charge in [0, 0.05) is 11.4 Å². The van der Waals surface area contributed by atoms with Crippen LogP contribution < -0.4 is 30.7 Å². The molecule has 2 atom stereocenters. The number of carbonyl (C=O) groups excluding carboxylic acids is 2. The first-order valence-corrected chi connectivity index (χ1v) is 15.5. The van der Waals surface area contributed by atoms with Gasteiger partial charge in [0.2, 0.25) is 20.0 Å². The molecule has 0 bridgehead atoms. The molecule has 0 fully saturated rings. The van der Waals surface area contributed by atoms with Crippen molar-refractivity contribution in [1.82, 2.24) is 10.6 Å². The average Bonchev–Trinajstić information content (AvgIpc) is 2.87. The molecule has 8 nitrogen and oxygen atoms in total. The fraction of sp³-hybridized carbons (Fsp3) is 0.333. The Morgan fingerprint density at radius 3 is 1.16 bits per heavy atom. The van der Waals surface area contributed by atoms with E-state index in [1.54, 1.807) is 12.1 Å². The van der Waals surface area contributed by atoms with E-state index in [-0.39, 0.29) is 11.5 Å². The largest absolute Gasteiger partial charge is 0.462 e. The number of benzene rings is 3. The molecule has 0 saturated carbocycles. The van der Waals surface area contributed by atoms with Crippen molar-refractivity contribution in [1.29, 1.82) is 0 Å². The number of aryl methyl sites for hydroxylation is 6. The Hall–Kier alpha value is -2.46. The lowest BCUT2D eigenvalue weighted by molar-refractivity contribution is 0.140. The van der Waals surface area contributed by atoms with E-state index in [0.29, 0.717) is 11.4 Å². The van der Waals surface area contributed by atoms with Crippen LogP contribution >= 0.6 is 69.6 Å². The van der Waals surface area contributed by atoms with Gasteiger partial charge < -0.3 is 20.1 Å². The van der Waals surface area contributed by atoms with Crippen LogP contribution in [0.4, 0.5) is 21.0 Å². The van der Waals surface area contributed by atoms with Crippen molar-refractivity contribution in [2.45, 2.75) is 61.6 Å². The van der Waals surface area contributed by atoms with Gasteiger partial charge in [0.1, 0.15) is 0 Å². The molecular weight excluding hydrogens is 693 g/mol. The van der Waals surface area contributed by atoms with E-state index in [1.165, 1.54) is 12.1 Å². The van der Waals surface area contributed by atoms with Gasteiger partial charge in [-0.2, -0.15) is 0 Å². The number of carbonyl (C=O) groups is 2. The zero-order valence-corrected chi connectivity index (χ0v) is 29.2. The highest BCUT2D eigenvalue weighted by atomic mass is 35.6. The zero-order valence-electron chi connectivity index (χ0n) is 24.7. The number of rotatable bonds is 8. The molecule has 3 rings (SSSR count). The third-order valence-corrected chi connectivity index (χ3v) is 7.48. The maximum absolute atomic E-state index is 13.0. The summed E-state index contributed by atoms with van der Waals surface area (Å²) in [6, 6.07) is 12.5. The lowest BCUT2D eigenvalue weighted by Gasteiger charge is -2.30. The van der Waals surface area contributed by atoms with E-state index in [4.69, 9.17) is 79.1 Å². The van der Waals surface area contributed by atoms with Gasteiger partial charge in [-0.15, -0.1) is 0 Å². The summed E-state index contributed by atoms with van der Waals surface area (Å²) in [6.07, 6.45) is -3.00. The Kier molecular flexibility index (Phi) is 12.1. The minimum Gasteiger partial charge on any atom is -0.462 e. The lowest BCUT2D eigenvalue weighted by atomic mass is 10.1. The molecule has 0 spiro atoms. The summed E-state index contributed by atoms with van der Waals surface area (Å²) in [5.41, 5.74) is 6.71. The number of hydrogen-bond acceptors (Lipinski definition) is 4. The summed E-state index contributed by atoms with van der Waals surface area (Å²) in [5.74, 6) is 0.0250. The molecule has 14 heteroatoms. The van der Waals surface area contributed by atoms with Gasteiger partial charge in [0.05, 0.1) is 0 Å². The van der Waals surface area contributed by atoms with Crippen molar-refractivity contribution in [3.8, 4) is 11.5 Å². The second-order valence-electron chi connectivity index (χ2n) is 10.3. The summed E-state index contributed by atoms with van der Waals surface area (Å²) in [7, 11) is 0. The van der Waals surface area contributed by atoms with Crippen LogP contribution in [0, 0.1) is 41.5 Å². The standard InChI is InChI=1S/C30H32Cl6N4O4/c1-15-11-17(3)23(18(4)12-15)37-27(41)39-25(29(31,32)33)43-21-9-7-8-10-22(21)44-26(30(34,35)36)40-28(42)38-24-19(5)13-16(2)14-20(24)6/h7-14,25-26H,1-6H3,(H2,37,39,41)(H2,38,40,42)/t25-,26+.